The van der Waals surface area contributed by atoms with Crippen molar-refractivity contribution in [1.29, 1.82) is 0 Å². The van der Waals surface area contributed by atoms with E-state index in [9.17, 15) is 4.79 Å². The van der Waals surface area contributed by atoms with Crippen molar-refractivity contribution in [2.75, 3.05) is 37.6 Å². The highest BCUT2D eigenvalue weighted by Gasteiger charge is 2.36. The number of anilines is 1. The minimum Gasteiger partial charge on any atom is -0.356 e. The first-order valence-electron chi connectivity index (χ1n) is 10.0. The number of hydrogen-bond donors (Lipinski definition) is 2. The number of aromatic nitrogens is 3. The molecule has 0 unspecified atom stereocenters. The van der Waals surface area contributed by atoms with Gasteiger partial charge in [-0.2, -0.15) is 9.61 Å². The average Bonchev–Trinajstić information content (AvgIpc) is 2.88. The fraction of sp³-hybridized carbons (Fsp3) is 0.650. The molecule has 1 fully saturated rings. The summed E-state index contributed by atoms with van der Waals surface area (Å²) in [4.78, 5) is 19.6. The Morgan fingerprint density at radius 2 is 2.07 bits per heavy atom. The van der Waals surface area contributed by atoms with Crippen molar-refractivity contribution in [3.05, 3.63) is 23.5 Å². The lowest BCUT2D eigenvalue weighted by atomic mass is 9.92. The molecule has 0 saturated carbocycles. The van der Waals surface area contributed by atoms with Crippen LogP contribution in [0.3, 0.4) is 0 Å². The number of nitrogens with zero attached hydrogens (tertiary/aromatic N) is 4. The second-order valence-corrected chi connectivity index (χ2v) is 8.92. The van der Waals surface area contributed by atoms with Gasteiger partial charge in [0.1, 0.15) is 5.82 Å². The molecule has 0 bridgehead atoms. The van der Waals surface area contributed by atoms with E-state index in [0.29, 0.717) is 0 Å². The Morgan fingerprint density at radius 3 is 2.85 bits per heavy atom. The minimum atomic E-state index is 0.0586. The van der Waals surface area contributed by atoms with Crippen LogP contribution in [-0.2, 0) is 17.6 Å². The second-order valence-electron chi connectivity index (χ2n) is 8.92. The van der Waals surface area contributed by atoms with Gasteiger partial charge in [-0.25, -0.2) is 4.98 Å². The Balaban J connectivity index is 1.48. The van der Waals surface area contributed by atoms with Gasteiger partial charge in [-0.15, -0.1) is 0 Å². The first kappa shape index (κ1) is 18.2. The predicted molar refractivity (Wildman–Crippen MR) is 106 cm³/mol. The zero-order chi connectivity index (χ0) is 19.0. The summed E-state index contributed by atoms with van der Waals surface area (Å²) in [6, 6.07) is 1.96. The van der Waals surface area contributed by atoms with E-state index in [-0.39, 0.29) is 17.2 Å². The van der Waals surface area contributed by atoms with Gasteiger partial charge >= 0.3 is 0 Å². The number of carbonyl (C=O) groups is 1. The van der Waals surface area contributed by atoms with Crippen LogP contribution in [0.15, 0.2) is 12.3 Å². The number of rotatable bonds is 4. The van der Waals surface area contributed by atoms with Crippen LogP contribution >= 0.6 is 0 Å². The first-order valence-corrected chi connectivity index (χ1v) is 10.0. The smallest absolute Gasteiger partial charge is 0.226 e. The van der Waals surface area contributed by atoms with Crippen molar-refractivity contribution in [1.82, 2.24) is 25.2 Å². The van der Waals surface area contributed by atoms with E-state index in [0.717, 1.165) is 63.5 Å². The fourth-order valence-electron chi connectivity index (χ4n) is 3.86. The first-order chi connectivity index (χ1) is 12.9. The van der Waals surface area contributed by atoms with Gasteiger partial charge in [-0.3, -0.25) is 4.79 Å². The molecule has 0 aliphatic carbocycles. The molecule has 0 radical (unpaired) electrons. The molecule has 4 heterocycles. The maximum Gasteiger partial charge on any atom is 0.226 e. The van der Waals surface area contributed by atoms with Crippen LogP contribution < -0.4 is 15.5 Å². The molecule has 4 rings (SSSR count). The van der Waals surface area contributed by atoms with Crippen molar-refractivity contribution >= 4 is 17.4 Å². The zero-order valence-electron chi connectivity index (χ0n) is 16.6. The highest BCUT2D eigenvalue weighted by atomic mass is 16.2. The fourth-order valence-corrected chi connectivity index (χ4v) is 3.86. The van der Waals surface area contributed by atoms with Gasteiger partial charge in [0.2, 0.25) is 5.91 Å². The van der Waals surface area contributed by atoms with Crippen molar-refractivity contribution in [3.8, 4) is 0 Å². The van der Waals surface area contributed by atoms with Gasteiger partial charge in [0, 0.05) is 44.2 Å². The number of hydrogen-bond acceptors (Lipinski definition) is 5. The van der Waals surface area contributed by atoms with Crippen LogP contribution in [0.4, 0.5) is 5.82 Å². The molecule has 2 aliphatic heterocycles. The Bertz CT molecular complexity index is 831. The van der Waals surface area contributed by atoms with E-state index in [4.69, 9.17) is 4.98 Å². The van der Waals surface area contributed by atoms with Crippen LogP contribution in [0.2, 0.25) is 0 Å². The van der Waals surface area contributed by atoms with Gasteiger partial charge in [-0.1, -0.05) is 20.8 Å². The third-order valence-electron chi connectivity index (χ3n) is 5.51. The summed E-state index contributed by atoms with van der Waals surface area (Å²) >= 11 is 0. The molecule has 7 heteroatoms. The van der Waals surface area contributed by atoms with E-state index >= 15 is 0 Å². The molecule has 1 amide bonds. The molecule has 2 aromatic heterocycles. The van der Waals surface area contributed by atoms with Crippen molar-refractivity contribution in [2.24, 2.45) is 11.3 Å². The average molecular weight is 371 g/mol. The normalized spacial score (nSPS) is 18.1. The third kappa shape index (κ3) is 3.78. The number of fused-ring (bicyclic) bond motifs is 2. The van der Waals surface area contributed by atoms with Gasteiger partial charge < -0.3 is 15.5 Å². The summed E-state index contributed by atoms with van der Waals surface area (Å²) in [6.45, 7) is 10.8. The van der Waals surface area contributed by atoms with Crippen molar-refractivity contribution < 1.29 is 4.79 Å². The lowest BCUT2D eigenvalue weighted by molar-refractivity contribution is -0.125. The lowest BCUT2D eigenvalue weighted by Gasteiger charge is -2.41. The second kappa shape index (κ2) is 7.11. The summed E-state index contributed by atoms with van der Waals surface area (Å²) in [5.41, 5.74) is 3.58. The molecule has 2 aliphatic rings. The zero-order valence-corrected chi connectivity index (χ0v) is 16.6. The Hall–Kier alpha value is -2.15. The SMILES string of the molecule is CC(C)(C)CCNC(=O)C1CN(c2c3c(nc4ccnn24)CCNCC3)C1. The standard InChI is InChI=1S/C20H30N6O/c1-20(2,3)7-11-22-18(27)14-12-25(13-14)19-15-4-8-21-9-5-16(15)24-17-6-10-23-26(17)19/h6,10,14,21H,4-5,7-9,11-13H2,1-3H3,(H,22,27). The van der Waals surface area contributed by atoms with Crippen LogP contribution in [0.1, 0.15) is 38.4 Å². The van der Waals surface area contributed by atoms with Crippen LogP contribution in [0.5, 0.6) is 0 Å². The molecule has 1 saturated heterocycles. The van der Waals surface area contributed by atoms with Gasteiger partial charge in [0.15, 0.2) is 5.65 Å². The van der Waals surface area contributed by atoms with E-state index in [1.54, 1.807) is 6.20 Å². The summed E-state index contributed by atoms with van der Waals surface area (Å²) in [6.07, 6.45) is 4.69. The quantitative estimate of drug-likeness (QED) is 0.851. The topological polar surface area (TPSA) is 74.6 Å². The summed E-state index contributed by atoms with van der Waals surface area (Å²) in [5, 5.41) is 11.1. The van der Waals surface area contributed by atoms with Crippen LogP contribution in [-0.4, -0.2) is 53.2 Å². The molecule has 7 nitrogen and oxygen atoms in total. The molecule has 2 aromatic rings. The Morgan fingerprint density at radius 1 is 1.30 bits per heavy atom. The minimum absolute atomic E-state index is 0.0586. The van der Waals surface area contributed by atoms with Gasteiger partial charge in [0.05, 0.1) is 17.8 Å². The summed E-state index contributed by atoms with van der Waals surface area (Å²) in [7, 11) is 0. The number of amides is 1. The summed E-state index contributed by atoms with van der Waals surface area (Å²) < 4.78 is 1.94. The molecule has 146 valence electrons. The Labute approximate surface area is 160 Å². The monoisotopic (exact) mass is 370 g/mol. The molecule has 0 spiro atoms. The molecule has 0 atom stereocenters. The highest BCUT2D eigenvalue weighted by Crippen LogP contribution is 2.31. The number of nitrogens with one attached hydrogen (secondary N) is 2. The van der Waals surface area contributed by atoms with E-state index in [1.807, 2.05) is 10.6 Å². The molecule has 0 aromatic carbocycles. The summed E-state index contributed by atoms with van der Waals surface area (Å²) in [5.74, 6) is 1.36. The molecule has 2 N–H and O–H groups in total. The lowest BCUT2D eigenvalue weighted by Crippen LogP contribution is -2.55. The molecule has 27 heavy (non-hydrogen) atoms. The highest BCUT2D eigenvalue weighted by molar-refractivity contribution is 5.82. The van der Waals surface area contributed by atoms with Gasteiger partial charge in [0.25, 0.3) is 0 Å². The van der Waals surface area contributed by atoms with E-state index in [2.05, 4.69) is 41.4 Å². The van der Waals surface area contributed by atoms with Crippen molar-refractivity contribution in [2.45, 2.75) is 40.0 Å². The molecular formula is C20H30N6O. The predicted octanol–water partition coefficient (Wildman–Crippen LogP) is 1.41. The Kier molecular flexibility index (Phi) is 4.80. The number of carbonyl (C=O) groups excluding carboxylic acids is 1. The maximum absolute atomic E-state index is 12.5. The van der Waals surface area contributed by atoms with E-state index in [1.165, 1.54) is 11.3 Å². The van der Waals surface area contributed by atoms with Crippen molar-refractivity contribution in [3.63, 3.8) is 0 Å². The molecular weight excluding hydrogens is 340 g/mol. The van der Waals surface area contributed by atoms with Crippen LogP contribution in [0, 0.1) is 11.3 Å². The largest absolute Gasteiger partial charge is 0.356 e. The van der Waals surface area contributed by atoms with E-state index < -0.39 is 0 Å². The third-order valence-corrected chi connectivity index (χ3v) is 5.51. The van der Waals surface area contributed by atoms with Gasteiger partial charge in [-0.05, 0) is 24.8 Å². The maximum atomic E-state index is 12.5. The van der Waals surface area contributed by atoms with Crippen LogP contribution in [0.25, 0.3) is 5.65 Å².